The molecule has 2 rings (SSSR count). The number of hydrogen-bond donors (Lipinski definition) is 0. The van der Waals surface area contributed by atoms with Crippen molar-refractivity contribution in [2.75, 3.05) is 19.8 Å². The van der Waals surface area contributed by atoms with Crippen molar-refractivity contribution in [3.8, 4) is 0 Å². The minimum Gasteiger partial charge on any atom is -0.381 e. The number of benzene rings is 1. The molecule has 110 valence electrons. The molecule has 1 aliphatic rings. The molecule has 1 unspecified atom stereocenters. The first-order chi connectivity index (χ1) is 9.70. The number of ketones is 1. The van der Waals surface area contributed by atoms with Crippen LogP contribution in [0.25, 0.3) is 0 Å². The summed E-state index contributed by atoms with van der Waals surface area (Å²) in [7, 11) is 0. The summed E-state index contributed by atoms with van der Waals surface area (Å²) < 4.78 is 11.1. The first-order valence-electron chi connectivity index (χ1n) is 7.53. The summed E-state index contributed by atoms with van der Waals surface area (Å²) in [6, 6.07) is 7.82. The van der Waals surface area contributed by atoms with E-state index in [0.717, 1.165) is 38.0 Å². The molecule has 0 saturated carbocycles. The van der Waals surface area contributed by atoms with Crippen LogP contribution in [0.3, 0.4) is 0 Å². The van der Waals surface area contributed by atoms with Gasteiger partial charge in [0, 0.05) is 18.8 Å². The van der Waals surface area contributed by atoms with Crippen LogP contribution >= 0.6 is 0 Å². The van der Waals surface area contributed by atoms with Crippen molar-refractivity contribution in [3.63, 3.8) is 0 Å². The third-order valence-corrected chi connectivity index (χ3v) is 3.94. The Bertz CT molecular complexity index is 418. The van der Waals surface area contributed by atoms with Gasteiger partial charge < -0.3 is 9.47 Å². The van der Waals surface area contributed by atoms with Gasteiger partial charge in [-0.25, -0.2) is 0 Å². The molecule has 0 aromatic heterocycles. The molecule has 0 N–H and O–H groups in total. The normalized spacial score (nSPS) is 17.9. The Hall–Kier alpha value is -1.19. The maximum absolute atomic E-state index is 12.3. The maximum atomic E-state index is 12.3. The number of hydrogen-bond acceptors (Lipinski definition) is 3. The fourth-order valence-corrected chi connectivity index (χ4v) is 2.41. The van der Waals surface area contributed by atoms with E-state index >= 15 is 0 Å². The van der Waals surface area contributed by atoms with E-state index in [2.05, 4.69) is 6.92 Å². The molecule has 0 radical (unpaired) electrons. The van der Waals surface area contributed by atoms with Crippen molar-refractivity contribution in [3.05, 3.63) is 35.4 Å². The summed E-state index contributed by atoms with van der Waals surface area (Å²) in [5.41, 5.74) is 1.99. The standard InChI is InChI=1S/C17H24O3/c1-3-14-4-6-16(7-5-14)17(18)13(2)20-12-15-8-10-19-11-9-15/h4-7,13,15H,3,8-12H2,1-2H3. The first kappa shape index (κ1) is 15.2. The largest absolute Gasteiger partial charge is 0.381 e. The van der Waals surface area contributed by atoms with Gasteiger partial charge in [0.2, 0.25) is 0 Å². The lowest BCUT2D eigenvalue weighted by Crippen LogP contribution is -2.26. The minimum atomic E-state index is -0.370. The molecule has 0 bridgehead atoms. The van der Waals surface area contributed by atoms with Gasteiger partial charge >= 0.3 is 0 Å². The first-order valence-corrected chi connectivity index (χ1v) is 7.53. The van der Waals surface area contributed by atoms with Crippen molar-refractivity contribution in [2.24, 2.45) is 5.92 Å². The number of carbonyl (C=O) groups is 1. The van der Waals surface area contributed by atoms with Gasteiger partial charge in [-0.05, 0) is 37.7 Å². The molecule has 1 fully saturated rings. The highest BCUT2D eigenvalue weighted by molar-refractivity contribution is 5.99. The van der Waals surface area contributed by atoms with Gasteiger partial charge in [0.05, 0.1) is 6.61 Å². The summed E-state index contributed by atoms with van der Waals surface area (Å²) in [6.45, 7) is 6.23. The zero-order valence-electron chi connectivity index (χ0n) is 12.4. The SMILES string of the molecule is CCc1ccc(C(=O)C(C)OCC2CCOCC2)cc1. The molecule has 1 saturated heterocycles. The van der Waals surface area contributed by atoms with Crippen LogP contribution in [-0.2, 0) is 15.9 Å². The van der Waals surface area contributed by atoms with Gasteiger partial charge in [-0.15, -0.1) is 0 Å². The fraction of sp³-hybridized carbons (Fsp3) is 0.588. The predicted octanol–water partition coefficient (Wildman–Crippen LogP) is 3.26. The van der Waals surface area contributed by atoms with Crippen LogP contribution in [0.1, 0.15) is 42.6 Å². The Morgan fingerprint density at radius 1 is 1.30 bits per heavy atom. The Morgan fingerprint density at radius 2 is 1.95 bits per heavy atom. The van der Waals surface area contributed by atoms with Gasteiger partial charge in [-0.1, -0.05) is 31.2 Å². The Labute approximate surface area is 121 Å². The van der Waals surface area contributed by atoms with Gasteiger partial charge in [0.1, 0.15) is 6.10 Å². The second-order valence-corrected chi connectivity index (χ2v) is 5.45. The number of carbonyl (C=O) groups excluding carboxylic acids is 1. The van der Waals surface area contributed by atoms with Crippen molar-refractivity contribution in [1.29, 1.82) is 0 Å². The molecule has 0 spiro atoms. The topological polar surface area (TPSA) is 35.5 Å². The molecule has 3 nitrogen and oxygen atoms in total. The van der Waals surface area contributed by atoms with E-state index in [9.17, 15) is 4.79 Å². The smallest absolute Gasteiger partial charge is 0.191 e. The molecule has 1 aliphatic heterocycles. The molecular formula is C17H24O3. The predicted molar refractivity (Wildman–Crippen MR) is 79.1 cm³/mol. The summed E-state index contributed by atoms with van der Waals surface area (Å²) >= 11 is 0. The molecule has 0 aliphatic carbocycles. The van der Waals surface area contributed by atoms with Crippen molar-refractivity contribution < 1.29 is 14.3 Å². The Balaban J connectivity index is 1.83. The van der Waals surface area contributed by atoms with Crippen LogP contribution in [0.15, 0.2) is 24.3 Å². The van der Waals surface area contributed by atoms with E-state index < -0.39 is 0 Å². The number of aryl methyl sites for hydroxylation is 1. The second kappa shape index (κ2) is 7.55. The van der Waals surface area contributed by atoms with E-state index in [1.54, 1.807) is 0 Å². The maximum Gasteiger partial charge on any atom is 0.191 e. The molecule has 1 heterocycles. The molecular weight excluding hydrogens is 252 g/mol. The summed E-state index contributed by atoms with van der Waals surface area (Å²) in [5.74, 6) is 0.598. The van der Waals surface area contributed by atoms with E-state index in [0.29, 0.717) is 12.5 Å². The quantitative estimate of drug-likeness (QED) is 0.748. The van der Waals surface area contributed by atoms with Crippen LogP contribution in [0, 0.1) is 5.92 Å². The number of ether oxygens (including phenoxy) is 2. The van der Waals surface area contributed by atoms with E-state index in [1.807, 2.05) is 31.2 Å². The zero-order valence-corrected chi connectivity index (χ0v) is 12.4. The highest BCUT2D eigenvalue weighted by atomic mass is 16.5. The Morgan fingerprint density at radius 3 is 2.55 bits per heavy atom. The van der Waals surface area contributed by atoms with E-state index in [-0.39, 0.29) is 11.9 Å². The van der Waals surface area contributed by atoms with E-state index in [1.165, 1.54) is 5.56 Å². The lowest BCUT2D eigenvalue weighted by Gasteiger charge is -2.23. The fourth-order valence-electron chi connectivity index (χ4n) is 2.41. The van der Waals surface area contributed by atoms with Crippen LogP contribution in [0.2, 0.25) is 0 Å². The third-order valence-electron chi connectivity index (χ3n) is 3.94. The average molecular weight is 276 g/mol. The monoisotopic (exact) mass is 276 g/mol. The third kappa shape index (κ3) is 4.15. The van der Waals surface area contributed by atoms with Crippen LogP contribution in [0.4, 0.5) is 0 Å². The van der Waals surface area contributed by atoms with Crippen molar-refractivity contribution in [1.82, 2.24) is 0 Å². The van der Waals surface area contributed by atoms with Gasteiger partial charge in [0.25, 0.3) is 0 Å². The molecule has 1 aromatic rings. The molecule has 3 heteroatoms. The summed E-state index contributed by atoms with van der Waals surface area (Å²) in [5, 5.41) is 0. The number of rotatable bonds is 6. The van der Waals surface area contributed by atoms with Crippen LogP contribution < -0.4 is 0 Å². The number of Topliss-reactive ketones (excluding diaryl/α,β-unsaturated/α-hetero) is 1. The minimum absolute atomic E-state index is 0.0692. The lowest BCUT2D eigenvalue weighted by atomic mass is 10.0. The van der Waals surface area contributed by atoms with Gasteiger partial charge in [0.15, 0.2) is 5.78 Å². The van der Waals surface area contributed by atoms with Crippen molar-refractivity contribution >= 4 is 5.78 Å². The van der Waals surface area contributed by atoms with E-state index in [4.69, 9.17) is 9.47 Å². The highest BCUT2D eigenvalue weighted by Gasteiger charge is 2.19. The average Bonchev–Trinajstić information content (AvgIpc) is 2.53. The van der Waals surface area contributed by atoms with Gasteiger partial charge in [-0.2, -0.15) is 0 Å². The van der Waals surface area contributed by atoms with Crippen LogP contribution in [0.5, 0.6) is 0 Å². The van der Waals surface area contributed by atoms with Crippen LogP contribution in [-0.4, -0.2) is 31.7 Å². The molecule has 0 amide bonds. The second-order valence-electron chi connectivity index (χ2n) is 5.45. The molecule has 1 atom stereocenters. The van der Waals surface area contributed by atoms with Crippen molar-refractivity contribution in [2.45, 2.75) is 39.2 Å². The molecule has 20 heavy (non-hydrogen) atoms. The summed E-state index contributed by atoms with van der Waals surface area (Å²) in [4.78, 5) is 12.3. The highest BCUT2D eigenvalue weighted by Crippen LogP contribution is 2.16. The van der Waals surface area contributed by atoms with Gasteiger partial charge in [-0.3, -0.25) is 4.79 Å². The lowest BCUT2D eigenvalue weighted by molar-refractivity contribution is -0.000214. The summed E-state index contributed by atoms with van der Waals surface area (Å²) in [6.07, 6.45) is 2.69. The molecule has 1 aromatic carbocycles. The Kier molecular flexibility index (Phi) is 5.74. The zero-order chi connectivity index (χ0) is 14.4.